The third-order valence-corrected chi connectivity index (χ3v) is 3.27. The number of hydrogen-bond acceptors (Lipinski definition) is 5. The lowest BCUT2D eigenvalue weighted by atomic mass is 10.0. The summed E-state index contributed by atoms with van der Waals surface area (Å²) >= 11 is 0. The van der Waals surface area contributed by atoms with Crippen molar-refractivity contribution in [3.8, 4) is 11.8 Å². The van der Waals surface area contributed by atoms with E-state index in [1.165, 1.54) is 0 Å². The van der Waals surface area contributed by atoms with Gasteiger partial charge in [-0.15, -0.1) is 0 Å². The first kappa shape index (κ1) is 18.3. The molecule has 0 saturated carbocycles. The molecule has 2 amide bonds. The third-order valence-electron chi connectivity index (χ3n) is 3.27. The quantitative estimate of drug-likeness (QED) is 0.283. The molecule has 0 spiro atoms. The van der Waals surface area contributed by atoms with Gasteiger partial charge in [-0.2, -0.15) is 9.95 Å². The second-order valence-corrected chi connectivity index (χ2v) is 5.26. The summed E-state index contributed by atoms with van der Waals surface area (Å²) in [4.78, 5) is 20.8. The van der Waals surface area contributed by atoms with Gasteiger partial charge in [0.25, 0.3) is 0 Å². The summed E-state index contributed by atoms with van der Waals surface area (Å²) in [5.74, 6) is 5.62. The number of carbonyl (C=O) groups is 1. The number of urea groups is 1. The maximum atomic E-state index is 10.8. The van der Waals surface area contributed by atoms with Crippen LogP contribution in [0, 0.1) is 11.8 Å². The first-order valence-corrected chi connectivity index (χ1v) is 7.62. The lowest BCUT2D eigenvalue weighted by Crippen LogP contribution is -2.38. The van der Waals surface area contributed by atoms with Gasteiger partial charge >= 0.3 is 6.03 Å². The van der Waals surface area contributed by atoms with E-state index < -0.39 is 12.1 Å². The van der Waals surface area contributed by atoms with Gasteiger partial charge < -0.3 is 5.73 Å². The van der Waals surface area contributed by atoms with Crippen LogP contribution in [0.25, 0.3) is 0 Å². The van der Waals surface area contributed by atoms with Gasteiger partial charge in [-0.05, 0) is 23.7 Å². The second-order valence-electron chi connectivity index (χ2n) is 5.26. The highest BCUT2D eigenvalue weighted by atomic mass is 17.3. The number of hydroxylamine groups is 2. The zero-order valence-corrected chi connectivity index (χ0v) is 13.8. The topological polar surface area (TPSA) is 97.4 Å². The van der Waals surface area contributed by atoms with Crippen molar-refractivity contribution in [1.82, 2.24) is 5.06 Å². The second kappa shape index (κ2) is 9.27. The van der Waals surface area contributed by atoms with Gasteiger partial charge in [-0.1, -0.05) is 54.3 Å². The SMILES string of the molecule is CC(C#CC1=CC=CC(=NOOCc2ccccc2)C1)N(O)C(N)=O. The number of amides is 2. The first-order chi connectivity index (χ1) is 12.1. The van der Waals surface area contributed by atoms with Crippen molar-refractivity contribution in [2.45, 2.75) is 26.0 Å². The summed E-state index contributed by atoms with van der Waals surface area (Å²) in [6.07, 6.45) is 5.83. The molecule has 25 heavy (non-hydrogen) atoms. The maximum absolute atomic E-state index is 10.8. The van der Waals surface area contributed by atoms with E-state index in [2.05, 4.69) is 17.0 Å². The molecule has 3 N–H and O–H groups in total. The van der Waals surface area contributed by atoms with Crippen LogP contribution in [-0.2, 0) is 16.5 Å². The molecule has 0 aromatic heterocycles. The molecule has 0 aliphatic heterocycles. The number of rotatable bonds is 5. The molecule has 0 fully saturated rings. The highest BCUT2D eigenvalue weighted by molar-refractivity contribution is 5.98. The lowest BCUT2D eigenvalue weighted by Gasteiger charge is -2.14. The van der Waals surface area contributed by atoms with Crippen LogP contribution in [0.5, 0.6) is 0 Å². The van der Waals surface area contributed by atoms with E-state index in [1.54, 1.807) is 19.1 Å². The number of primary amides is 1. The van der Waals surface area contributed by atoms with Crippen LogP contribution in [-0.4, -0.2) is 28.1 Å². The summed E-state index contributed by atoms with van der Waals surface area (Å²) in [6, 6.07) is 7.93. The maximum Gasteiger partial charge on any atom is 0.339 e. The Morgan fingerprint density at radius 3 is 2.92 bits per heavy atom. The Bertz CT molecular complexity index is 745. The fourth-order valence-corrected chi connectivity index (χ4v) is 1.93. The summed E-state index contributed by atoms with van der Waals surface area (Å²) in [5.41, 5.74) is 7.35. The molecule has 1 unspecified atom stereocenters. The summed E-state index contributed by atoms with van der Waals surface area (Å²) < 4.78 is 0. The zero-order valence-electron chi connectivity index (χ0n) is 13.8. The molecule has 7 heteroatoms. The van der Waals surface area contributed by atoms with Gasteiger partial charge in [0.15, 0.2) is 0 Å². The minimum atomic E-state index is -0.953. The average Bonchev–Trinajstić information content (AvgIpc) is 2.64. The van der Waals surface area contributed by atoms with Crippen molar-refractivity contribution in [3.63, 3.8) is 0 Å². The van der Waals surface area contributed by atoms with Crippen molar-refractivity contribution in [2.75, 3.05) is 0 Å². The van der Waals surface area contributed by atoms with E-state index in [-0.39, 0.29) is 0 Å². The molecule has 1 aliphatic rings. The van der Waals surface area contributed by atoms with Crippen molar-refractivity contribution in [1.29, 1.82) is 0 Å². The Morgan fingerprint density at radius 1 is 1.44 bits per heavy atom. The molecule has 0 radical (unpaired) electrons. The average molecular weight is 341 g/mol. The predicted octanol–water partition coefficient (Wildman–Crippen LogP) is 2.54. The van der Waals surface area contributed by atoms with Gasteiger partial charge in [0.05, 0.1) is 5.71 Å². The molecule has 2 rings (SSSR count). The van der Waals surface area contributed by atoms with Crippen LogP contribution in [0.1, 0.15) is 18.9 Å². The molecule has 0 bridgehead atoms. The lowest BCUT2D eigenvalue weighted by molar-refractivity contribution is -0.305. The zero-order chi connectivity index (χ0) is 18.1. The number of nitrogens with zero attached hydrogens (tertiary/aromatic N) is 2. The van der Waals surface area contributed by atoms with E-state index in [1.807, 2.05) is 36.4 Å². The van der Waals surface area contributed by atoms with Crippen molar-refractivity contribution in [2.24, 2.45) is 10.9 Å². The molecule has 1 aliphatic carbocycles. The van der Waals surface area contributed by atoms with Gasteiger partial charge in [0.2, 0.25) is 0 Å². The number of carbonyl (C=O) groups excluding carboxylic acids is 1. The minimum absolute atomic E-state index is 0.292. The summed E-state index contributed by atoms with van der Waals surface area (Å²) in [7, 11) is 0. The largest absolute Gasteiger partial charge is 0.350 e. The number of allylic oxidation sites excluding steroid dienone is 4. The fraction of sp³-hybridized carbons (Fsp3) is 0.222. The number of benzene rings is 1. The van der Waals surface area contributed by atoms with Crippen molar-refractivity contribution < 1.29 is 19.9 Å². The Balaban J connectivity index is 1.83. The monoisotopic (exact) mass is 341 g/mol. The normalized spacial score (nSPS) is 15.8. The molecule has 130 valence electrons. The number of hydrogen-bond donors (Lipinski definition) is 2. The summed E-state index contributed by atoms with van der Waals surface area (Å²) in [6.45, 7) is 1.85. The van der Waals surface area contributed by atoms with Crippen LogP contribution in [0.4, 0.5) is 4.79 Å². The fourth-order valence-electron chi connectivity index (χ4n) is 1.93. The van der Waals surface area contributed by atoms with Crippen LogP contribution in [0.15, 0.2) is 59.3 Å². The van der Waals surface area contributed by atoms with E-state index in [0.29, 0.717) is 23.8 Å². The van der Waals surface area contributed by atoms with Crippen LogP contribution >= 0.6 is 0 Å². The van der Waals surface area contributed by atoms with Gasteiger partial charge in [0, 0.05) is 12.0 Å². The molecular formula is C18H19N3O4. The molecule has 0 saturated heterocycles. The number of nitrogens with two attached hydrogens (primary N) is 1. The Hall–Kier alpha value is -3.08. The third kappa shape index (κ3) is 6.14. The Labute approximate surface area is 145 Å². The van der Waals surface area contributed by atoms with E-state index in [9.17, 15) is 10.0 Å². The minimum Gasteiger partial charge on any atom is -0.350 e. The highest BCUT2D eigenvalue weighted by Crippen LogP contribution is 2.10. The van der Waals surface area contributed by atoms with E-state index >= 15 is 0 Å². The van der Waals surface area contributed by atoms with E-state index in [0.717, 1.165) is 11.1 Å². The molecular weight excluding hydrogens is 322 g/mol. The van der Waals surface area contributed by atoms with E-state index in [4.69, 9.17) is 15.6 Å². The van der Waals surface area contributed by atoms with Gasteiger partial charge in [0.1, 0.15) is 12.6 Å². The van der Waals surface area contributed by atoms with Gasteiger partial charge in [-0.3, -0.25) is 5.21 Å². The smallest absolute Gasteiger partial charge is 0.339 e. The molecule has 0 heterocycles. The first-order valence-electron chi connectivity index (χ1n) is 7.62. The highest BCUT2D eigenvalue weighted by Gasteiger charge is 2.12. The molecule has 1 aromatic carbocycles. The Kier molecular flexibility index (Phi) is 6.77. The standard InChI is InChI=1S/C18H19N3O4/c1-14(21(23)18(19)22)10-11-15-8-5-9-17(12-15)20-25-24-13-16-6-3-2-4-7-16/h2-9,14,23H,12-13H2,1H3,(H2,19,22). The molecule has 7 nitrogen and oxygen atoms in total. The molecule has 1 aromatic rings. The van der Waals surface area contributed by atoms with Crippen LogP contribution < -0.4 is 5.73 Å². The predicted molar refractivity (Wildman–Crippen MR) is 92.0 cm³/mol. The molecule has 1 atom stereocenters. The van der Waals surface area contributed by atoms with Crippen molar-refractivity contribution >= 4 is 11.7 Å². The Morgan fingerprint density at radius 2 is 2.20 bits per heavy atom. The van der Waals surface area contributed by atoms with Crippen LogP contribution in [0.3, 0.4) is 0 Å². The summed E-state index contributed by atoms with van der Waals surface area (Å²) in [5, 5.41) is 13.7. The van der Waals surface area contributed by atoms with Crippen molar-refractivity contribution in [3.05, 3.63) is 59.7 Å². The number of oxime groups is 1. The van der Waals surface area contributed by atoms with Gasteiger partial charge in [-0.25, -0.2) is 9.78 Å². The van der Waals surface area contributed by atoms with Crippen LogP contribution in [0.2, 0.25) is 0 Å².